The smallest absolute Gasteiger partial charge is 0.305 e. The van der Waals surface area contributed by atoms with Crippen LogP contribution in [-0.4, -0.2) is 26.5 Å². The van der Waals surface area contributed by atoms with Crippen LogP contribution in [0.1, 0.15) is 23.6 Å². The summed E-state index contributed by atoms with van der Waals surface area (Å²) in [6.07, 6.45) is 1.84. The van der Waals surface area contributed by atoms with Crippen LogP contribution in [0, 0.1) is 0 Å². The minimum atomic E-state index is -0.894. The van der Waals surface area contributed by atoms with Crippen molar-refractivity contribution in [2.45, 2.75) is 18.9 Å². The molecule has 6 nitrogen and oxygen atoms in total. The second kappa shape index (κ2) is 9.14. The number of rotatable bonds is 7. The molecule has 0 aliphatic rings. The van der Waals surface area contributed by atoms with E-state index in [1.54, 1.807) is 12.4 Å². The number of fused-ring (bicyclic) bond motifs is 1. The predicted molar refractivity (Wildman–Crippen MR) is 123 cm³/mol. The van der Waals surface area contributed by atoms with Gasteiger partial charge in [-0.05, 0) is 41.5 Å². The van der Waals surface area contributed by atoms with E-state index in [2.05, 4.69) is 26.2 Å². The molecule has 4 rings (SSSR count). The van der Waals surface area contributed by atoms with Gasteiger partial charge in [-0.25, -0.2) is 4.98 Å². The number of carbonyl (C=O) groups excluding carboxylic acids is 1. The lowest BCUT2D eigenvalue weighted by molar-refractivity contribution is -0.137. The summed E-state index contributed by atoms with van der Waals surface area (Å²) >= 11 is 3.39. The molecule has 1 unspecified atom stereocenters. The molecule has 0 bridgehead atoms. The number of carboxylic acids is 1. The standard InChI is InChI=1S/C24H20BrN3O3/c25-18-8-6-16(7-9-18)12-23(29)27-19-10-11-20-22(13-19)28(15-26-20)21(14-24(30)31)17-4-2-1-3-5-17/h1-11,13,15,21H,12,14H2,(H,27,29)(H,30,31). The highest BCUT2D eigenvalue weighted by Crippen LogP contribution is 2.28. The fraction of sp³-hybridized carbons (Fsp3) is 0.125. The summed E-state index contributed by atoms with van der Waals surface area (Å²) in [5, 5.41) is 12.4. The number of anilines is 1. The minimum Gasteiger partial charge on any atom is -0.481 e. The number of carbonyl (C=O) groups is 2. The Kier molecular flexibility index (Phi) is 6.13. The van der Waals surface area contributed by atoms with Gasteiger partial charge in [0.15, 0.2) is 0 Å². The number of benzene rings is 3. The summed E-state index contributed by atoms with van der Waals surface area (Å²) in [5.41, 5.74) is 3.93. The summed E-state index contributed by atoms with van der Waals surface area (Å²) in [7, 11) is 0. The largest absolute Gasteiger partial charge is 0.481 e. The van der Waals surface area contributed by atoms with E-state index < -0.39 is 12.0 Å². The van der Waals surface area contributed by atoms with Crippen molar-refractivity contribution in [3.63, 3.8) is 0 Å². The molecule has 0 aliphatic heterocycles. The lowest BCUT2D eigenvalue weighted by atomic mass is 10.0. The van der Waals surface area contributed by atoms with Crippen molar-refractivity contribution >= 4 is 44.5 Å². The van der Waals surface area contributed by atoms with Crippen molar-refractivity contribution < 1.29 is 14.7 Å². The Morgan fingerprint density at radius 1 is 1.03 bits per heavy atom. The molecule has 0 spiro atoms. The fourth-order valence-corrected chi connectivity index (χ4v) is 3.83. The summed E-state index contributed by atoms with van der Waals surface area (Å²) in [6, 6.07) is 22.1. The predicted octanol–water partition coefficient (Wildman–Crippen LogP) is 5.04. The molecular formula is C24H20BrN3O3. The van der Waals surface area contributed by atoms with Crippen molar-refractivity contribution in [1.82, 2.24) is 9.55 Å². The molecule has 7 heteroatoms. The summed E-state index contributed by atoms with van der Waals surface area (Å²) < 4.78 is 2.81. The molecule has 1 aromatic heterocycles. The number of hydrogen-bond acceptors (Lipinski definition) is 3. The van der Waals surface area contributed by atoms with Gasteiger partial charge in [-0.2, -0.15) is 0 Å². The molecule has 1 heterocycles. The summed E-state index contributed by atoms with van der Waals surface area (Å²) in [5.74, 6) is -1.02. The van der Waals surface area contributed by atoms with Gasteiger partial charge in [-0.15, -0.1) is 0 Å². The van der Waals surface area contributed by atoms with Gasteiger partial charge in [0, 0.05) is 10.2 Å². The van der Waals surface area contributed by atoms with Gasteiger partial charge in [0.1, 0.15) is 0 Å². The van der Waals surface area contributed by atoms with E-state index in [4.69, 9.17) is 0 Å². The first-order valence-electron chi connectivity index (χ1n) is 9.77. The number of imidazole rings is 1. The number of halogens is 1. The maximum Gasteiger partial charge on any atom is 0.305 e. The van der Waals surface area contributed by atoms with Crippen LogP contribution in [0.4, 0.5) is 5.69 Å². The van der Waals surface area contributed by atoms with Crippen molar-refractivity contribution in [2.75, 3.05) is 5.32 Å². The molecule has 0 saturated heterocycles. The van der Waals surface area contributed by atoms with Crippen molar-refractivity contribution in [3.05, 3.63) is 94.7 Å². The highest BCUT2D eigenvalue weighted by Gasteiger charge is 2.20. The van der Waals surface area contributed by atoms with Crippen molar-refractivity contribution in [1.29, 1.82) is 0 Å². The highest BCUT2D eigenvalue weighted by atomic mass is 79.9. The molecule has 4 aromatic rings. The van der Waals surface area contributed by atoms with E-state index in [-0.39, 0.29) is 18.7 Å². The molecule has 2 N–H and O–H groups in total. The lowest BCUT2D eigenvalue weighted by Crippen LogP contribution is -2.15. The van der Waals surface area contributed by atoms with Crippen molar-refractivity contribution in [2.24, 2.45) is 0 Å². The zero-order valence-electron chi connectivity index (χ0n) is 16.5. The zero-order chi connectivity index (χ0) is 21.8. The quantitative estimate of drug-likeness (QED) is 0.390. The third-order valence-electron chi connectivity index (χ3n) is 5.02. The van der Waals surface area contributed by atoms with Gasteiger partial charge < -0.3 is 15.0 Å². The van der Waals surface area contributed by atoms with Gasteiger partial charge in [-0.1, -0.05) is 58.4 Å². The normalized spacial score (nSPS) is 11.9. The summed E-state index contributed by atoms with van der Waals surface area (Å²) in [4.78, 5) is 28.5. The SMILES string of the molecule is O=C(O)CC(c1ccccc1)n1cnc2ccc(NC(=O)Cc3ccc(Br)cc3)cc21. The number of carboxylic acid groups (broad SMARTS) is 1. The van der Waals surface area contributed by atoms with Crippen LogP contribution in [0.25, 0.3) is 11.0 Å². The van der Waals surface area contributed by atoms with Crippen LogP contribution >= 0.6 is 15.9 Å². The molecule has 0 saturated carbocycles. The average molecular weight is 478 g/mol. The van der Waals surface area contributed by atoms with Crippen LogP contribution in [0.2, 0.25) is 0 Å². The Morgan fingerprint density at radius 2 is 1.77 bits per heavy atom. The van der Waals surface area contributed by atoms with Crippen LogP contribution < -0.4 is 5.32 Å². The Balaban J connectivity index is 1.61. The number of hydrogen-bond donors (Lipinski definition) is 2. The number of nitrogens with zero attached hydrogens (tertiary/aromatic N) is 2. The number of nitrogens with one attached hydrogen (secondary N) is 1. The Labute approximate surface area is 187 Å². The maximum atomic E-state index is 12.5. The highest BCUT2D eigenvalue weighted by molar-refractivity contribution is 9.10. The lowest BCUT2D eigenvalue weighted by Gasteiger charge is -2.18. The molecule has 1 amide bonds. The van der Waals surface area contributed by atoms with E-state index in [1.807, 2.05) is 71.3 Å². The third-order valence-corrected chi connectivity index (χ3v) is 5.55. The van der Waals surface area contributed by atoms with E-state index >= 15 is 0 Å². The average Bonchev–Trinajstić information content (AvgIpc) is 3.17. The first-order chi connectivity index (χ1) is 15.0. The van der Waals surface area contributed by atoms with Gasteiger partial charge in [0.05, 0.1) is 36.2 Å². The Bertz CT molecular complexity index is 1220. The molecule has 156 valence electrons. The van der Waals surface area contributed by atoms with Crippen LogP contribution in [0.5, 0.6) is 0 Å². The number of amides is 1. The third kappa shape index (κ3) is 5.00. The molecule has 0 aliphatic carbocycles. The monoisotopic (exact) mass is 477 g/mol. The Morgan fingerprint density at radius 3 is 2.48 bits per heavy atom. The Hall–Kier alpha value is -3.45. The second-order valence-corrected chi connectivity index (χ2v) is 8.15. The first kappa shape index (κ1) is 20.8. The van der Waals surface area contributed by atoms with E-state index in [0.717, 1.165) is 26.6 Å². The van der Waals surface area contributed by atoms with E-state index in [1.165, 1.54) is 0 Å². The van der Waals surface area contributed by atoms with E-state index in [9.17, 15) is 14.7 Å². The number of aliphatic carboxylic acids is 1. The van der Waals surface area contributed by atoms with Gasteiger partial charge in [0.25, 0.3) is 0 Å². The van der Waals surface area contributed by atoms with Crippen LogP contribution in [0.15, 0.2) is 83.6 Å². The number of aromatic nitrogens is 2. The minimum absolute atomic E-state index is 0.0738. The maximum absolute atomic E-state index is 12.5. The first-order valence-corrected chi connectivity index (χ1v) is 10.6. The van der Waals surface area contributed by atoms with Crippen LogP contribution in [-0.2, 0) is 16.0 Å². The molecule has 31 heavy (non-hydrogen) atoms. The molecular weight excluding hydrogens is 458 g/mol. The van der Waals surface area contributed by atoms with Gasteiger partial charge in [-0.3, -0.25) is 9.59 Å². The van der Waals surface area contributed by atoms with Crippen LogP contribution in [0.3, 0.4) is 0 Å². The summed E-state index contributed by atoms with van der Waals surface area (Å²) in [6.45, 7) is 0. The zero-order valence-corrected chi connectivity index (χ0v) is 18.1. The molecule has 1 atom stereocenters. The molecule has 0 fully saturated rings. The second-order valence-electron chi connectivity index (χ2n) is 7.23. The van der Waals surface area contributed by atoms with E-state index in [0.29, 0.717) is 5.69 Å². The topological polar surface area (TPSA) is 84.2 Å². The fourth-order valence-electron chi connectivity index (χ4n) is 3.56. The van der Waals surface area contributed by atoms with Gasteiger partial charge in [0.2, 0.25) is 5.91 Å². The molecule has 3 aromatic carbocycles. The molecule has 0 radical (unpaired) electrons. The van der Waals surface area contributed by atoms with Crippen molar-refractivity contribution in [3.8, 4) is 0 Å². The van der Waals surface area contributed by atoms with Gasteiger partial charge >= 0.3 is 5.97 Å².